The van der Waals surface area contributed by atoms with E-state index in [1.165, 1.54) is 11.3 Å². The molecule has 0 aliphatic heterocycles. The summed E-state index contributed by atoms with van der Waals surface area (Å²) >= 11 is 1.33. The summed E-state index contributed by atoms with van der Waals surface area (Å²) in [5.74, 6) is -0.544. The van der Waals surface area contributed by atoms with Crippen LogP contribution in [0, 0.1) is 0 Å². The molecule has 0 aliphatic rings. The lowest BCUT2D eigenvalue weighted by Gasteiger charge is -2.32. The van der Waals surface area contributed by atoms with Gasteiger partial charge in [-0.1, -0.05) is 19.9 Å². The third kappa shape index (κ3) is 4.05. The topological polar surface area (TPSA) is 78.4 Å². The van der Waals surface area contributed by atoms with Crippen molar-refractivity contribution in [2.75, 3.05) is 6.61 Å². The van der Waals surface area contributed by atoms with Crippen LogP contribution in [0.4, 0.5) is 0 Å². The van der Waals surface area contributed by atoms with Gasteiger partial charge >= 0.3 is 0 Å². The van der Waals surface area contributed by atoms with Crippen molar-refractivity contribution in [2.24, 2.45) is 0 Å². The van der Waals surface area contributed by atoms with Gasteiger partial charge in [0.2, 0.25) is 5.91 Å². The minimum absolute atomic E-state index is 0.114. The maximum absolute atomic E-state index is 12.1. The number of amides is 2. The second-order valence-electron chi connectivity index (χ2n) is 4.81. The van der Waals surface area contributed by atoms with Crippen LogP contribution in [0.1, 0.15) is 43.3 Å². The first-order valence-electron chi connectivity index (χ1n) is 6.75. The summed E-state index contributed by atoms with van der Waals surface area (Å²) in [6.45, 7) is 5.34. The van der Waals surface area contributed by atoms with Crippen LogP contribution in [-0.2, 0) is 4.79 Å². The number of thiophene rings is 1. The fourth-order valence-corrected chi connectivity index (χ4v) is 2.43. The Morgan fingerprint density at radius 3 is 2.50 bits per heavy atom. The first kappa shape index (κ1) is 16.7. The van der Waals surface area contributed by atoms with E-state index < -0.39 is 11.6 Å². The Bertz CT molecular complexity index is 433. The third-order valence-corrected chi connectivity index (χ3v) is 4.40. The number of carbonyl (C=O) groups is 2. The number of rotatable bonds is 7. The van der Waals surface area contributed by atoms with Crippen LogP contribution in [0.5, 0.6) is 0 Å². The molecule has 0 saturated heterocycles. The molecule has 0 saturated carbocycles. The lowest BCUT2D eigenvalue weighted by atomic mass is 9.93. The quantitative estimate of drug-likeness (QED) is 0.714. The van der Waals surface area contributed by atoms with Gasteiger partial charge in [-0.3, -0.25) is 9.59 Å². The van der Waals surface area contributed by atoms with Crippen LogP contribution in [0.25, 0.3) is 0 Å². The Morgan fingerprint density at radius 2 is 2.05 bits per heavy atom. The van der Waals surface area contributed by atoms with E-state index in [4.69, 9.17) is 0 Å². The Morgan fingerprint density at radius 1 is 1.40 bits per heavy atom. The minimum Gasteiger partial charge on any atom is -0.394 e. The molecule has 0 aliphatic carbocycles. The van der Waals surface area contributed by atoms with E-state index >= 15 is 0 Å². The van der Waals surface area contributed by atoms with E-state index in [0.29, 0.717) is 17.7 Å². The molecule has 1 aromatic rings. The van der Waals surface area contributed by atoms with E-state index in [-0.39, 0.29) is 18.4 Å². The molecule has 3 N–H and O–H groups in total. The van der Waals surface area contributed by atoms with Crippen LogP contribution in [0.3, 0.4) is 0 Å². The molecule has 112 valence electrons. The van der Waals surface area contributed by atoms with Gasteiger partial charge < -0.3 is 15.7 Å². The van der Waals surface area contributed by atoms with Gasteiger partial charge in [0.25, 0.3) is 5.91 Å². The summed E-state index contributed by atoms with van der Waals surface area (Å²) in [6.07, 6.45) is 1.27. The van der Waals surface area contributed by atoms with Crippen molar-refractivity contribution in [3.63, 3.8) is 0 Å². The molecule has 6 heteroatoms. The van der Waals surface area contributed by atoms with Gasteiger partial charge in [-0.15, -0.1) is 11.3 Å². The van der Waals surface area contributed by atoms with Crippen LogP contribution in [0.2, 0.25) is 0 Å². The fraction of sp³-hybridized carbons (Fsp3) is 0.571. The standard InChI is InChI=1S/C14H22N2O3S/c1-4-14(5-2,9-17)16-12(18)10(3)15-13(19)11-7-6-8-20-11/h6-8,10,17H,4-5,9H2,1-3H3,(H,15,19)(H,16,18). The van der Waals surface area contributed by atoms with Crippen molar-refractivity contribution in [1.29, 1.82) is 0 Å². The van der Waals surface area contributed by atoms with Gasteiger partial charge in [0.05, 0.1) is 17.0 Å². The molecular formula is C14H22N2O3S. The number of aliphatic hydroxyl groups is 1. The van der Waals surface area contributed by atoms with E-state index in [1.54, 1.807) is 19.1 Å². The van der Waals surface area contributed by atoms with Crippen LogP contribution in [-0.4, -0.2) is 35.1 Å². The number of hydrogen-bond acceptors (Lipinski definition) is 4. The molecule has 1 atom stereocenters. The lowest BCUT2D eigenvalue weighted by Crippen LogP contribution is -2.56. The number of nitrogens with one attached hydrogen (secondary N) is 2. The molecule has 1 rings (SSSR count). The molecule has 1 unspecified atom stereocenters. The largest absolute Gasteiger partial charge is 0.394 e. The maximum Gasteiger partial charge on any atom is 0.261 e. The molecule has 0 radical (unpaired) electrons. The first-order valence-corrected chi connectivity index (χ1v) is 7.63. The van der Waals surface area contributed by atoms with Crippen molar-refractivity contribution in [3.8, 4) is 0 Å². The number of aliphatic hydroxyl groups excluding tert-OH is 1. The first-order chi connectivity index (χ1) is 9.48. The summed E-state index contributed by atoms with van der Waals surface area (Å²) in [4.78, 5) is 24.5. The second-order valence-corrected chi connectivity index (χ2v) is 5.75. The number of carbonyl (C=O) groups excluding carboxylic acids is 2. The minimum atomic E-state index is -0.645. The van der Waals surface area contributed by atoms with Crippen molar-refractivity contribution in [2.45, 2.75) is 45.2 Å². The van der Waals surface area contributed by atoms with Crippen LogP contribution in [0.15, 0.2) is 17.5 Å². The Balaban J connectivity index is 2.61. The van der Waals surface area contributed by atoms with Gasteiger partial charge in [-0.2, -0.15) is 0 Å². The summed E-state index contributed by atoms with van der Waals surface area (Å²) in [6, 6.07) is 2.85. The smallest absolute Gasteiger partial charge is 0.261 e. The fourth-order valence-electron chi connectivity index (χ4n) is 1.80. The highest BCUT2D eigenvalue weighted by atomic mass is 32.1. The summed E-state index contributed by atoms with van der Waals surface area (Å²) in [7, 11) is 0. The Kier molecular flexibility index (Phi) is 6.16. The lowest BCUT2D eigenvalue weighted by molar-refractivity contribution is -0.125. The summed E-state index contributed by atoms with van der Waals surface area (Å²) in [5.41, 5.74) is -0.612. The zero-order valence-electron chi connectivity index (χ0n) is 12.1. The Labute approximate surface area is 123 Å². The van der Waals surface area contributed by atoms with E-state index in [2.05, 4.69) is 10.6 Å². The van der Waals surface area contributed by atoms with Gasteiger partial charge in [0.1, 0.15) is 6.04 Å². The van der Waals surface area contributed by atoms with Crippen LogP contribution >= 0.6 is 11.3 Å². The highest BCUT2D eigenvalue weighted by Gasteiger charge is 2.29. The maximum atomic E-state index is 12.1. The average molecular weight is 298 g/mol. The molecule has 0 fully saturated rings. The third-order valence-electron chi connectivity index (χ3n) is 3.53. The van der Waals surface area contributed by atoms with Crippen LogP contribution < -0.4 is 10.6 Å². The van der Waals surface area contributed by atoms with E-state index in [0.717, 1.165) is 0 Å². The Hall–Kier alpha value is -1.40. The zero-order valence-corrected chi connectivity index (χ0v) is 12.9. The molecule has 1 heterocycles. The highest BCUT2D eigenvalue weighted by Crippen LogP contribution is 2.14. The number of hydrogen-bond donors (Lipinski definition) is 3. The molecule has 0 spiro atoms. The molecule has 20 heavy (non-hydrogen) atoms. The highest BCUT2D eigenvalue weighted by molar-refractivity contribution is 7.12. The van der Waals surface area contributed by atoms with Crippen molar-refractivity contribution in [3.05, 3.63) is 22.4 Å². The van der Waals surface area contributed by atoms with Crippen molar-refractivity contribution < 1.29 is 14.7 Å². The SMILES string of the molecule is CCC(CC)(CO)NC(=O)C(C)NC(=O)c1cccs1. The van der Waals surface area contributed by atoms with Gasteiger partial charge in [0.15, 0.2) is 0 Å². The van der Waals surface area contributed by atoms with E-state index in [1.807, 2.05) is 19.2 Å². The summed E-state index contributed by atoms with van der Waals surface area (Å²) in [5, 5.41) is 16.7. The zero-order chi connectivity index (χ0) is 15.2. The van der Waals surface area contributed by atoms with Gasteiger partial charge in [-0.25, -0.2) is 0 Å². The molecule has 2 amide bonds. The average Bonchev–Trinajstić information content (AvgIpc) is 2.99. The normalized spacial score (nSPS) is 12.8. The molecule has 0 bridgehead atoms. The second kappa shape index (κ2) is 7.40. The molecular weight excluding hydrogens is 276 g/mol. The van der Waals surface area contributed by atoms with Crippen molar-refractivity contribution in [1.82, 2.24) is 10.6 Å². The predicted molar refractivity (Wildman–Crippen MR) is 79.8 cm³/mol. The molecule has 0 aromatic carbocycles. The van der Waals surface area contributed by atoms with Gasteiger partial charge in [-0.05, 0) is 31.2 Å². The van der Waals surface area contributed by atoms with E-state index in [9.17, 15) is 14.7 Å². The van der Waals surface area contributed by atoms with Gasteiger partial charge in [0, 0.05) is 0 Å². The molecule has 1 aromatic heterocycles. The van der Waals surface area contributed by atoms with Crippen molar-refractivity contribution >= 4 is 23.2 Å². The predicted octanol–water partition coefficient (Wildman–Crippen LogP) is 1.53. The summed E-state index contributed by atoms with van der Waals surface area (Å²) < 4.78 is 0. The molecule has 5 nitrogen and oxygen atoms in total. The monoisotopic (exact) mass is 298 g/mol.